The largest absolute Gasteiger partial charge is 0.477 e. The van der Waals surface area contributed by atoms with E-state index in [2.05, 4.69) is 0 Å². The molecule has 0 rings (SSSR count). The van der Waals surface area contributed by atoms with Crippen LogP contribution in [0.2, 0.25) is 0 Å². The lowest BCUT2D eigenvalue weighted by atomic mass is 10.2. The molecule has 102 valence electrons. The summed E-state index contributed by atoms with van der Waals surface area (Å²) in [6, 6.07) is 1.65. The molecule has 0 aromatic rings. The molecule has 0 amide bonds. The molecule has 5 heteroatoms. The highest BCUT2D eigenvalue weighted by Gasteiger charge is 2.04. The van der Waals surface area contributed by atoms with Gasteiger partial charge in [-0.15, -0.1) is 0 Å². The van der Waals surface area contributed by atoms with Crippen LogP contribution < -0.4 is 0 Å². The van der Waals surface area contributed by atoms with Crippen LogP contribution in [0.1, 0.15) is 32.6 Å². The van der Waals surface area contributed by atoms with Crippen molar-refractivity contribution < 1.29 is 19.4 Å². The first kappa shape index (κ1) is 16.6. The van der Waals surface area contributed by atoms with Crippen LogP contribution in [-0.4, -0.2) is 37.5 Å². The molecule has 0 aromatic carbocycles. The van der Waals surface area contributed by atoms with E-state index in [1.54, 1.807) is 13.2 Å². The number of ether oxygens (including phenoxy) is 2. The predicted octanol–water partition coefficient (Wildman–Crippen LogP) is 2.13. The van der Waals surface area contributed by atoms with Crippen molar-refractivity contribution in [2.45, 2.75) is 38.7 Å². The van der Waals surface area contributed by atoms with Crippen LogP contribution in [0.5, 0.6) is 0 Å². The van der Waals surface area contributed by atoms with Crippen LogP contribution in [0, 0.1) is 11.3 Å². The van der Waals surface area contributed by atoms with Gasteiger partial charge in [0, 0.05) is 13.7 Å². The van der Waals surface area contributed by atoms with Crippen molar-refractivity contribution in [2.24, 2.45) is 0 Å². The van der Waals surface area contributed by atoms with E-state index in [1.165, 1.54) is 6.08 Å². The monoisotopic (exact) mass is 255 g/mol. The molecular weight excluding hydrogens is 234 g/mol. The third kappa shape index (κ3) is 7.82. The maximum atomic E-state index is 10.5. The molecule has 0 saturated heterocycles. The summed E-state index contributed by atoms with van der Waals surface area (Å²) >= 11 is 0. The zero-order chi connectivity index (χ0) is 13.8. The van der Waals surface area contributed by atoms with Crippen LogP contribution >= 0.6 is 0 Å². The average Bonchev–Trinajstić information content (AvgIpc) is 2.37. The number of rotatable bonds is 10. The van der Waals surface area contributed by atoms with E-state index in [1.807, 2.05) is 6.92 Å². The van der Waals surface area contributed by atoms with Gasteiger partial charge >= 0.3 is 5.97 Å². The lowest BCUT2D eigenvalue weighted by Gasteiger charge is -2.12. The second kappa shape index (κ2) is 10.8. The first-order chi connectivity index (χ1) is 8.65. The summed E-state index contributed by atoms with van der Waals surface area (Å²) in [6.07, 6.45) is 4.74. The number of allylic oxidation sites excluding steroid dienone is 1. The zero-order valence-electron chi connectivity index (χ0n) is 11.0. The van der Waals surface area contributed by atoms with Gasteiger partial charge in [0.2, 0.25) is 0 Å². The third-order valence-electron chi connectivity index (χ3n) is 2.53. The van der Waals surface area contributed by atoms with Gasteiger partial charge in [0.05, 0.1) is 12.7 Å². The number of methoxy groups -OCH3 is 1. The summed E-state index contributed by atoms with van der Waals surface area (Å²) < 4.78 is 10.6. The maximum absolute atomic E-state index is 10.5. The van der Waals surface area contributed by atoms with Crippen LogP contribution in [0.25, 0.3) is 0 Å². The fourth-order valence-corrected chi connectivity index (χ4v) is 1.34. The topological polar surface area (TPSA) is 79.5 Å². The highest BCUT2D eigenvalue weighted by molar-refractivity contribution is 5.90. The molecule has 0 aliphatic carbocycles. The Kier molecular flexibility index (Phi) is 9.93. The van der Waals surface area contributed by atoms with E-state index >= 15 is 0 Å². The molecule has 1 unspecified atom stereocenters. The van der Waals surface area contributed by atoms with Gasteiger partial charge in [-0.3, -0.25) is 0 Å². The lowest BCUT2D eigenvalue weighted by molar-refractivity contribution is -0.132. The standard InChI is InChI=1S/C13H21NO4/c1-3-12(17-2)10-18-8-6-4-5-7-11(9-14)13(15)16/h7,12H,3-6,8,10H2,1-2H3,(H,15,16). The number of carboxylic acids is 1. The first-order valence-corrected chi connectivity index (χ1v) is 6.09. The van der Waals surface area contributed by atoms with E-state index in [-0.39, 0.29) is 11.7 Å². The minimum Gasteiger partial charge on any atom is -0.477 e. The molecule has 5 nitrogen and oxygen atoms in total. The summed E-state index contributed by atoms with van der Waals surface area (Å²) in [5.74, 6) is -1.17. The fourth-order valence-electron chi connectivity index (χ4n) is 1.34. The predicted molar refractivity (Wildman–Crippen MR) is 67.1 cm³/mol. The van der Waals surface area contributed by atoms with E-state index in [4.69, 9.17) is 19.8 Å². The quantitative estimate of drug-likeness (QED) is 0.367. The van der Waals surface area contributed by atoms with Crippen molar-refractivity contribution in [3.63, 3.8) is 0 Å². The molecule has 0 spiro atoms. The third-order valence-corrected chi connectivity index (χ3v) is 2.53. The summed E-state index contributed by atoms with van der Waals surface area (Å²) in [6.45, 7) is 3.25. The molecule has 1 atom stereocenters. The smallest absolute Gasteiger partial charge is 0.346 e. The van der Waals surface area contributed by atoms with Crippen molar-refractivity contribution in [1.82, 2.24) is 0 Å². The van der Waals surface area contributed by atoms with Gasteiger partial charge in [0.15, 0.2) is 0 Å². The Morgan fingerprint density at radius 2 is 2.22 bits per heavy atom. The van der Waals surface area contributed by atoms with Crippen LogP contribution in [0.15, 0.2) is 11.6 Å². The number of nitrogens with zero attached hydrogens (tertiary/aromatic N) is 1. The molecule has 0 bridgehead atoms. The van der Waals surface area contributed by atoms with E-state index in [9.17, 15) is 4.79 Å². The van der Waals surface area contributed by atoms with E-state index < -0.39 is 5.97 Å². The lowest BCUT2D eigenvalue weighted by Crippen LogP contribution is -2.17. The molecule has 0 aliphatic rings. The highest BCUT2D eigenvalue weighted by Crippen LogP contribution is 2.03. The first-order valence-electron chi connectivity index (χ1n) is 6.09. The summed E-state index contributed by atoms with van der Waals surface area (Å²) in [4.78, 5) is 10.5. The Morgan fingerprint density at radius 3 is 2.72 bits per heavy atom. The number of carbonyl (C=O) groups is 1. The summed E-state index contributed by atoms with van der Waals surface area (Å²) in [5.41, 5.74) is -0.193. The van der Waals surface area contributed by atoms with E-state index in [0.29, 0.717) is 19.6 Å². The molecule has 1 N–H and O–H groups in total. The molecule has 0 aromatic heterocycles. The van der Waals surface area contributed by atoms with Crippen molar-refractivity contribution >= 4 is 5.97 Å². The molecule has 0 saturated carbocycles. The van der Waals surface area contributed by atoms with Gasteiger partial charge in [-0.1, -0.05) is 13.0 Å². The van der Waals surface area contributed by atoms with Gasteiger partial charge in [-0.2, -0.15) is 5.26 Å². The number of hydrogen-bond donors (Lipinski definition) is 1. The van der Waals surface area contributed by atoms with Crippen LogP contribution in [0.3, 0.4) is 0 Å². The van der Waals surface area contributed by atoms with Gasteiger partial charge in [0.25, 0.3) is 0 Å². The normalized spacial score (nSPS) is 13.1. The highest BCUT2D eigenvalue weighted by atomic mass is 16.5. The van der Waals surface area contributed by atoms with E-state index in [0.717, 1.165) is 19.3 Å². The Morgan fingerprint density at radius 1 is 1.50 bits per heavy atom. The van der Waals surface area contributed by atoms with Crippen molar-refractivity contribution in [3.05, 3.63) is 11.6 Å². The number of carboxylic acid groups (broad SMARTS) is 1. The molecule has 18 heavy (non-hydrogen) atoms. The number of hydrogen-bond acceptors (Lipinski definition) is 4. The molecular formula is C13H21NO4. The summed E-state index contributed by atoms with van der Waals surface area (Å²) in [7, 11) is 1.66. The fraction of sp³-hybridized carbons (Fsp3) is 0.692. The number of aliphatic carboxylic acids is 1. The van der Waals surface area contributed by atoms with Crippen LogP contribution in [-0.2, 0) is 14.3 Å². The average molecular weight is 255 g/mol. The van der Waals surface area contributed by atoms with Crippen molar-refractivity contribution in [3.8, 4) is 6.07 Å². The SMILES string of the molecule is CCC(COCCCCC=C(C#N)C(=O)O)OC. The Hall–Kier alpha value is -1.38. The second-order valence-electron chi connectivity index (χ2n) is 3.87. The minimum atomic E-state index is -1.17. The molecule has 0 fully saturated rings. The summed E-state index contributed by atoms with van der Waals surface area (Å²) in [5, 5.41) is 17.1. The van der Waals surface area contributed by atoms with Crippen LogP contribution in [0.4, 0.5) is 0 Å². The van der Waals surface area contributed by atoms with Gasteiger partial charge in [-0.05, 0) is 25.7 Å². The Bertz CT molecular complexity index is 303. The van der Waals surface area contributed by atoms with Crippen molar-refractivity contribution in [2.75, 3.05) is 20.3 Å². The molecule has 0 heterocycles. The maximum Gasteiger partial charge on any atom is 0.346 e. The Balaban J connectivity index is 3.58. The Labute approximate surface area is 108 Å². The number of nitriles is 1. The molecule has 0 aliphatic heterocycles. The van der Waals surface area contributed by atoms with Gasteiger partial charge < -0.3 is 14.6 Å². The zero-order valence-corrected chi connectivity index (χ0v) is 11.0. The second-order valence-corrected chi connectivity index (χ2v) is 3.87. The van der Waals surface area contributed by atoms with Gasteiger partial charge in [0.1, 0.15) is 11.6 Å². The van der Waals surface area contributed by atoms with Crippen molar-refractivity contribution in [1.29, 1.82) is 5.26 Å². The molecule has 0 radical (unpaired) electrons. The van der Waals surface area contributed by atoms with Gasteiger partial charge in [-0.25, -0.2) is 4.79 Å². The minimum absolute atomic E-state index is 0.141. The number of unbranched alkanes of at least 4 members (excludes halogenated alkanes) is 2.